The predicted octanol–water partition coefficient (Wildman–Crippen LogP) is 4.09. The number of alkyl carbamates (subject to hydrolysis) is 1. The van der Waals surface area contributed by atoms with E-state index in [2.05, 4.69) is 10.6 Å². The summed E-state index contributed by atoms with van der Waals surface area (Å²) in [6.07, 6.45) is -0.474. The molecule has 0 aliphatic rings. The van der Waals surface area contributed by atoms with Crippen molar-refractivity contribution in [3.8, 4) is 5.75 Å². The molecular formula is C16H24Cl2N2O3. The molecule has 0 heterocycles. The van der Waals surface area contributed by atoms with E-state index in [1.54, 1.807) is 6.07 Å². The highest BCUT2D eigenvalue weighted by Crippen LogP contribution is 2.31. The minimum absolute atomic E-state index is 0.00137. The summed E-state index contributed by atoms with van der Waals surface area (Å²) in [6.45, 7) is 10.0. The van der Waals surface area contributed by atoms with E-state index >= 15 is 0 Å². The van der Waals surface area contributed by atoms with E-state index in [4.69, 9.17) is 27.9 Å². The van der Waals surface area contributed by atoms with Gasteiger partial charge in [-0.1, -0.05) is 23.2 Å². The first-order chi connectivity index (χ1) is 10.4. The fourth-order valence-corrected chi connectivity index (χ4v) is 2.42. The van der Waals surface area contributed by atoms with Crippen molar-refractivity contribution in [2.45, 2.75) is 52.3 Å². The zero-order chi connectivity index (χ0) is 17.8. The first-order valence-electron chi connectivity index (χ1n) is 7.28. The maximum Gasteiger partial charge on any atom is 0.408 e. The van der Waals surface area contributed by atoms with Crippen LogP contribution < -0.4 is 10.6 Å². The van der Waals surface area contributed by atoms with E-state index in [1.165, 1.54) is 6.07 Å². The van der Waals surface area contributed by atoms with Crippen LogP contribution in [0.15, 0.2) is 12.1 Å². The molecule has 0 unspecified atom stereocenters. The van der Waals surface area contributed by atoms with Crippen LogP contribution in [0, 0.1) is 0 Å². The molecule has 1 rings (SSSR count). The van der Waals surface area contributed by atoms with Gasteiger partial charge in [0.2, 0.25) is 0 Å². The maximum atomic E-state index is 11.8. The quantitative estimate of drug-likeness (QED) is 0.737. The minimum Gasteiger partial charge on any atom is -0.506 e. The van der Waals surface area contributed by atoms with Crippen molar-refractivity contribution < 1.29 is 14.6 Å². The minimum atomic E-state index is -0.545. The van der Waals surface area contributed by atoms with Crippen molar-refractivity contribution in [3.63, 3.8) is 0 Å². The van der Waals surface area contributed by atoms with Gasteiger partial charge in [0.15, 0.2) is 0 Å². The number of ether oxygens (including phenoxy) is 1. The Hall–Kier alpha value is -1.17. The number of hydrogen-bond donors (Lipinski definition) is 3. The molecule has 0 spiro atoms. The molecule has 0 saturated heterocycles. The molecule has 5 nitrogen and oxygen atoms in total. The summed E-state index contributed by atoms with van der Waals surface area (Å²) in [5.41, 5.74) is -0.479. The highest BCUT2D eigenvalue weighted by atomic mass is 35.5. The molecule has 0 bridgehead atoms. The number of aromatic hydroxyl groups is 1. The van der Waals surface area contributed by atoms with Gasteiger partial charge in [-0.2, -0.15) is 0 Å². The van der Waals surface area contributed by atoms with Gasteiger partial charge < -0.3 is 20.5 Å². The Morgan fingerprint density at radius 3 is 2.39 bits per heavy atom. The number of phenols is 1. The third-order valence-corrected chi connectivity index (χ3v) is 3.34. The van der Waals surface area contributed by atoms with Crippen molar-refractivity contribution in [1.29, 1.82) is 0 Å². The molecule has 0 fully saturated rings. The van der Waals surface area contributed by atoms with E-state index in [1.807, 2.05) is 34.6 Å². The van der Waals surface area contributed by atoms with Crippen LogP contribution in [0.5, 0.6) is 5.75 Å². The van der Waals surface area contributed by atoms with Crippen LogP contribution in [0.2, 0.25) is 10.0 Å². The summed E-state index contributed by atoms with van der Waals surface area (Å²) in [4.78, 5) is 11.8. The number of nitrogens with one attached hydrogen (secondary N) is 2. The van der Waals surface area contributed by atoms with Gasteiger partial charge in [-0.25, -0.2) is 4.79 Å². The molecule has 1 amide bonds. The lowest BCUT2D eigenvalue weighted by Crippen LogP contribution is -2.51. The molecule has 0 saturated carbocycles. The van der Waals surface area contributed by atoms with E-state index in [0.717, 1.165) is 0 Å². The van der Waals surface area contributed by atoms with Crippen LogP contribution in [0.25, 0.3) is 0 Å². The third-order valence-electron chi connectivity index (χ3n) is 2.83. The summed E-state index contributed by atoms with van der Waals surface area (Å²) in [7, 11) is 0. The lowest BCUT2D eigenvalue weighted by atomic mass is 10.1. The average Bonchev–Trinajstić information content (AvgIpc) is 2.31. The highest BCUT2D eigenvalue weighted by molar-refractivity contribution is 6.35. The standard InChI is InChI=1S/C16H24Cl2N2O3/c1-15(2,3)23-14(22)20-16(4,5)9-19-8-10-6-11(17)7-12(18)13(10)21/h6-7,19,21H,8-9H2,1-5H3,(H,20,22). The van der Waals surface area contributed by atoms with Crippen molar-refractivity contribution in [3.05, 3.63) is 27.7 Å². The molecule has 0 radical (unpaired) electrons. The second-order valence-electron chi connectivity index (χ2n) is 7.01. The lowest BCUT2D eigenvalue weighted by molar-refractivity contribution is 0.0472. The van der Waals surface area contributed by atoms with Gasteiger partial charge in [0.05, 0.1) is 10.6 Å². The van der Waals surface area contributed by atoms with Gasteiger partial charge in [-0.15, -0.1) is 0 Å². The van der Waals surface area contributed by atoms with Crippen LogP contribution in [-0.4, -0.2) is 28.9 Å². The molecule has 0 atom stereocenters. The molecular weight excluding hydrogens is 339 g/mol. The maximum absolute atomic E-state index is 11.8. The first-order valence-corrected chi connectivity index (χ1v) is 8.04. The lowest BCUT2D eigenvalue weighted by Gasteiger charge is -2.29. The Balaban J connectivity index is 2.56. The molecule has 0 aliphatic carbocycles. The third kappa shape index (κ3) is 7.29. The van der Waals surface area contributed by atoms with E-state index in [9.17, 15) is 9.90 Å². The van der Waals surface area contributed by atoms with E-state index < -0.39 is 17.2 Å². The van der Waals surface area contributed by atoms with Gasteiger partial charge in [-0.3, -0.25) is 0 Å². The Bertz CT molecular complexity index is 569. The molecule has 1 aromatic carbocycles. The average molecular weight is 363 g/mol. The number of rotatable bonds is 5. The Morgan fingerprint density at radius 2 is 1.83 bits per heavy atom. The highest BCUT2D eigenvalue weighted by Gasteiger charge is 2.24. The van der Waals surface area contributed by atoms with Crippen LogP contribution in [0.3, 0.4) is 0 Å². The SMILES string of the molecule is CC(C)(CNCc1cc(Cl)cc(Cl)c1O)NC(=O)OC(C)(C)C. The van der Waals surface area contributed by atoms with Crippen LogP contribution in [-0.2, 0) is 11.3 Å². The monoisotopic (exact) mass is 362 g/mol. The number of hydrogen-bond acceptors (Lipinski definition) is 4. The Kier molecular flexibility index (Phi) is 6.57. The molecule has 0 aliphatic heterocycles. The van der Waals surface area contributed by atoms with Gasteiger partial charge in [0.1, 0.15) is 11.4 Å². The fraction of sp³-hybridized carbons (Fsp3) is 0.562. The van der Waals surface area contributed by atoms with Crippen molar-refractivity contribution >= 4 is 29.3 Å². The topological polar surface area (TPSA) is 70.6 Å². The summed E-state index contributed by atoms with van der Waals surface area (Å²) < 4.78 is 5.24. The summed E-state index contributed by atoms with van der Waals surface area (Å²) in [5.74, 6) is 0.00137. The molecule has 3 N–H and O–H groups in total. The first kappa shape index (κ1) is 19.9. The number of carbonyl (C=O) groups excluding carboxylic acids is 1. The second-order valence-corrected chi connectivity index (χ2v) is 7.85. The van der Waals surface area contributed by atoms with Gasteiger partial charge in [0.25, 0.3) is 0 Å². The van der Waals surface area contributed by atoms with E-state index in [0.29, 0.717) is 23.7 Å². The molecule has 130 valence electrons. The summed E-state index contributed by atoms with van der Waals surface area (Å²) in [6, 6.07) is 3.13. The molecule has 7 heteroatoms. The number of halogens is 2. The normalized spacial score (nSPS) is 12.1. The number of benzene rings is 1. The Morgan fingerprint density at radius 1 is 1.22 bits per heavy atom. The van der Waals surface area contributed by atoms with Crippen molar-refractivity contribution in [1.82, 2.24) is 10.6 Å². The molecule has 1 aromatic rings. The smallest absolute Gasteiger partial charge is 0.408 e. The molecule has 23 heavy (non-hydrogen) atoms. The number of carbonyl (C=O) groups is 1. The van der Waals surface area contributed by atoms with Gasteiger partial charge in [-0.05, 0) is 46.8 Å². The zero-order valence-corrected chi connectivity index (χ0v) is 15.6. The zero-order valence-electron chi connectivity index (χ0n) is 14.1. The van der Waals surface area contributed by atoms with Crippen LogP contribution >= 0.6 is 23.2 Å². The largest absolute Gasteiger partial charge is 0.506 e. The molecule has 0 aromatic heterocycles. The van der Waals surface area contributed by atoms with Crippen molar-refractivity contribution in [2.75, 3.05) is 6.54 Å². The Labute approximate surface area is 147 Å². The summed E-state index contributed by atoms with van der Waals surface area (Å²) in [5, 5.41) is 16.5. The predicted molar refractivity (Wildman–Crippen MR) is 93.3 cm³/mol. The number of amides is 1. The second kappa shape index (κ2) is 7.60. The van der Waals surface area contributed by atoms with E-state index in [-0.39, 0.29) is 10.8 Å². The van der Waals surface area contributed by atoms with Gasteiger partial charge in [0, 0.05) is 23.7 Å². The van der Waals surface area contributed by atoms with Crippen molar-refractivity contribution in [2.24, 2.45) is 0 Å². The fourth-order valence-electron chi connectivity index (χ4n) is 1.89. The number of phenolic OH excluding ortho intramolecular Hbond substituents is 1. The van der Waals surface area contributed by atoms with Crippen LogP contribution in [0.1, 0.15) is 40.2 Å². The van der Waals surface area contributed by atoms with Gasteiger partial charge >= 0.3 is 6.09 Å². The summed E-state index contributed by atoms with van der Waals surface area (Å²) >= 11 is 11.8. The van der Waals surface area contributed by atoms with Crippen LogP contribution in [0.4, 0.5) is 4.79 Å².